The number of hydrogen-bond donors (Lipinski definition) is 1. The second-order valence-electron chi connectivity index (χ2n) is 4.06. The predicted molar refractivity (Wildman–Crippen MR) is 57.4 cm³/mol. The van der Waals surface area contributed by atoms with Gasteiger partial charge in [-0.2, -0.15) is 0 Å². The zero-order valence-electron chi connectivity index (χ0n) is 9.07. The number of rotatable bonds is 4. The summed E-state index contributed by atoms with van der Waals surface area (Å²) in [5, 5.41) is 10.6. The Hall–Kier alpha value is -0.480. The molecule has 0 spiro atoms. The van der Waals surface area contributed by atoms with Crippen molar-refractivity contribution in [2.45, 2.75) is 38.5 Å². The van der Waals surface area contributed by atoms with Crippen LogP contribution in [0.5, 0.6) is 0 Å². The topological polar surface area (TPSA) is 46.3 Å². The zero-order valence-corrected chi connectivity index (χ0v) is 9.89. The Morgan fingerprint density at radius 2 is 2.29 bits per heavy atom. The quantitative estimate of drug-likeness (QED) is 0.784. The number of hydrogen-bond acceptors (Lipinski definition) is 4. The number of aliphatic hydroxyl groups is 1. The fourth-order valence-electron chi connectivity index (χ4n) is 0.773. The Kier molecular flexibility index (Phi) is 3.61. The minimum absolute atomic E-state index is 0.228. The van der Waals surface area contributed by atoms with Crippen LogP contribution in [-0.2, 0) is 0 Å². The molecule has 0 aliphatic rings. The molecular weight excluding hydrogens is 198 g/mol. The first-order valence-electron chi connectivity index (χ1n) is 4.69. The van der Waals surface area contributed by atoms with Gasteiger partial charge in [-0.15, -0.1) is 0 Å². The molecule has 0 saturated heterocycles. The molecule has 0 bridgehead atoms. The molecule has 0 aliphatic heterocycles. The molecule has 3 nitrogen and oxygen atoms in total. The summed E-state index contributed by atoms with van der Waals surface area (Å²) >= 11 is 1.45. The summed E-state index contributed by atoms with van der Waals surface area (Å²) in [7, 11) is 0. The minimum atomic E-state index is -0.674. The van der Waals surface area contributed by atoms with Gasteiger partial charge in [-0.25, -0.2) is 4.98 Å². The van der Waals surface area contributed by atoms with E-state index >= 15 is 0 Å². The number of aryl methyl sites for hydroxylation is 1. The molecular formula is C10H17NO2S. The van der Waals surface area contributed by atoms with Gasteiger partial charge in [-0.05, 0) is 19.8 Å². The van der Waals surface area contributed by atoms with Gasteiger partial charge < -0.3 is 9.52 Å². The summed E-state index contributed by atoms with van der Waals surface area (Å²) < 4.78 is 5.18. The van der Waals surface area contributed by atoms with Crippen molar-refractivity contribution in [2.75, 3.05) is 5.75 Å². The Balaban J connectivity index is 2.48. The normalized spacial score (nSPS) is 15.9. The fourth-order valence-corrected chi connectivity index (χ4v) is 1.85. The summed E-state index contributed by atoms with van der Waals surface area (Å²) in [5.74, 6) is 0.830. The van der Waals surface area contributed by atoms with Crippen molar-refractivity contribution in [3.8, 4) is 0 Å². The average Bonchev–Trinajstić information content (AvgIpc) is 2.48. The maximum Gasteiger partial charge on any atom is 0.255 e. The van der Waals surface area contributed by atoms with Crippen LogP contribution in [0, 0.1) is 12.8 Å². The van der Waals surface area contributed by atoms with Crippen LogP contribution in [0.25, 0.3) is 0 Å². The molecule has 1 rings (SSSR count). The number of aromatic nitrogens is 1. The average molecular weight is 215 g/mol. The van der Waals surface area contributed by atoms with Crippen LogP contribution in [-0.4, -0.2) is 21.4 Å². The van der Waals surface area contributed by atoms with Gasteiger partial charge >= 0.3 is 0 Å². The third kappa shape index (κ3) is 3.03. The second kappa shape index (κ2) is 4.36. The summed E-state index contributed by atoms with van der Waals surface area (Å²) in [4.78, 5) is 4.16. The van der Waals surface area contributed by atoms with Gasteiger partial charge in [0.05, 0.1) is 11.3 Å². The minimum Gasteiger partial charge on any atom is -0.440 e. The highest BCUT2D eigenvalue weighted by Crippen LogP contribution is 2.26. The lowest BCUT2D eigenvalue weighted by atomic mass is 9.95. The van der Waals surface area contributed by atoms with Crippen LogP contribution >= 0.6 is 11.8 Å². The van der Waals surface area contributed by atoms with E-state index in [0.29, 0.717) is 11.0 Å². The van der Waals surface area contributed by atoms with E-state index in [1.54, 1.807) is 6.26 Å². The Morgan fingerprint density at radius 3 is 2.71 bits per heavy atom. The molecule has 0 amide bonds. The van der Waals surface area contributed by atoms with Gasteiger partial charge in [-0.1, -0.05) is 25.6 Å². The molecule has 0 saturated carbocycles. The summed E-state index contributed by atoms with van der Waals surface area (Å²) in [6.07, 6.45) is 1.62. The molecule has 1 atom stereocenters. The summed E-state index contributed by atoms with van der Waals surface area (Å²) in [6.45, 7) is 7.72. The largest absolute Gasteiger partial charge is 0.440 e. The van der Waals surface area contributed by atoms with Gasteiger partial charge in [0.15, 0.2) is 0 Å². The molecule has 80 valence electrons. The van der Waals surface area contributed by atoms with Gasteiger partial charge in [0.25, 0.3) is 5.22 Å². The summed E-state index contributed by atoms with van der Waals surface area (Å²) in [5.41, 5.74) is 0.198. The monoisotopic (exact) mass is 215 g/mol. The molecule has 0 radical (unpaired) electrons. The molecule has 0 fully saturated rings. The van der Waals surface area contributed by atoms with Gasteiger partial charge in [0.1, 0.15) is 6.26 Å². The van der Waals surface area contributed by atoms with Crippen molar-refractivity contribution >= 4 is 11.8 Å². The maximum absolute atomic E-state index is 9.97. The zero-order chi connectivity index (χ0) is 10.8. The molecule has 1 N–H and O–H groups in total. The highest BCUT2D eigenvalue weighted by atomic mass is 32.2. The van der Waals surface area contributed by atoms with Crippen molar-refractivity contribution in [3.05, 3.63) is 12.0 Å². The Morgan fingerprint density at radius 1 is 1.64 bits per heavy atom. The van der Waals surface area contributed by atoms with Crippen LogP contribution in [0.2, 0.25) is 0 Å². The molecule has 0 aromatic carbocycles. The lowest BCUT2D eigenvalue weighted by Crippen LogP contribution is -2.33. The van der Waals surface area contributed by atoms with Crippen LogP contribution in [0.1, 0.15) is 26.5 Å². The van der Waals surface area contributed by atoms with Crippen LogP contribution in [0.3, 0.4) is 0 Å². The first-order valence-corrected chi connectivity index (χ1v) is 5.67. The number of thioether (sulfide) groups is 1. The first-order chi connectivity index (χ1) is 6.42. The number of nitrogens with zero attached hydrogens (tertiary/aromatic N) is 1. The first kappa shape index (κ1) is 11.6. The third-order valence-corrected chi connectivity index (χ3v) is 3.49. The second-order valence-corrected chi connectivity index (χ2v) is 4.98. The molecule has 1 aromatic rings. The number of oxazole rings is 1. The van der Waals surface area contributed by atoms with Crippen molar-refractivity contribution < 1.29 is 9.52 Å². The molecule has 14 heavy (non-hydrogen) atoms. The lowest BCUT2D eigenvalue weighted by molar-refractivity contribution is 0.0374. The molecule has 1 unspecified atom stereocenters. The Bertz CT molecular complexity index is 294. The van der Waals surface area contributed by atoms with Gasteiger partial charge in [0.2, 0.25) is 0 Å². The van der Waals surface area contributed by atoms with E-state index in [2.05, 4.69) is 4.98 Å². The van der Waals surface area contributed by atoms with Crippen LogP contribution < -0.4 is 0 Å². The van der Waals surface area contributed by atoms with Crippen LogP contribution in [0.4, 0.5) is 0 Å². The van der Waals surface area contributed by atoms with Crippen molar-refractivity contribution in [1.82, 2.24) is 4.98 Å². The smallest absolute Gasteiger partial charge is 0.255 e. The fraction of sp³-hybridized carbons (Fsp3) is 0.700. The van der Waals surface area contributed by atoms with E-state index in [4.69, 9.17) is 4.42 Å². The Labute approximate surface area is 88.9 Å². The third-order valence-electron chi connectivity index (χ3n) is 2.33. The van der Waals surface area contributed by atoms with Gasteiger partial charge in [0, 0.05) is 5.75 Å². The summed E-state index contributed by atoms with van der Waals surface area (Å²) in [6, 6.07) is 0. The molecule has 1 aromatic heterocycles. The van der Waals surface area contributed by atoms with Gasteiger partial charge in [-0.3, -0.25) is 0 Å². The highest BCUT2D eigenvalue weighted by Gasteiger charge is 2.25. The predicted octanol–water partition coefficient (Wildman–Crippen LogP) is 2.48. The van der Waals surface area contributed by atoms with E-state index in [1.807, 2.05) is 27.7 Å². The van der Waals surface area contributed by atoms with Crippen molar-refractivity contribution in [1.29, 1.82) is 0 Å². The maximum atomic E-state index is 9.97. The highest BCUT2D eigenvalue weighted by molar-refractivity contribution is 7.99. The standard InChI is InChI=1S/C10H17NO2S/c1-7(2)10(4,12)6-14-9-11-8(3)5-13-9/h5,7,12H,6H2,1-4H3. The van der Waals surface area contributed by atoms with Crippen molar-refractivity contribution in [2.24, 2.45) is 5.92 Å². The van der Waals surface area contributed by atoms with E-state index in [9.17, 15) is 5.11 Å². The molecule has 4 heteroatoms. The van der Waals surface area contributed by atoms with E-state index in [-0.39, 0.29) is 5.92 Å². The van der Waals surface area contributed by atoms with Crippen molar-refractivity contribution in [3.63, 3.8) is 0 Å². The molecule has 0 aliphatic carbocycles. The SMILES string of the molecule is Cc1coc(SCC(C)(O)C(C)C)n1. The molecule has 1 heterocycles. The van der Waals surface area contributed by atoms with E-state index in [0.717, 1.165) is 5.69 Å². The lowest BCUT2D eigenvalue weighted by Gasteiger charge is -2.26. The van der Waals surface area contributed by atoms with E-state index in [1.165, 1.54) is 11.8 Å². The van der Waals surface area contributed by atoms with Crippen LogP contribution in [0.15, 0.2) is 15.9 Å². The van der Waals surface area contributed by atoms with E-state index < -0.39 is 5.60 Å².